The van der Waals surface area contributed by atoms with Crippen LogP contribution in [0.1, 0.15) is 77.0 Å². The Balaban J connectivity index is 1.68. The fourth-order valence-electron chi connectivity index (χ4n) is 3.03. The number of hydrogen-bond acceptors (Lipinski definition) is 5. The average Bonchev–Trinajstić information content (AvgIpc) is 3.05. The van der Waals surface area contributed by atoms with Crippen LogP contribution in [-0.4, -0.2) is 46.3 Å². The van der Waals surface area contributed by atoms with E-state index in [4.69, 9.17) is 18.9 Å². The second-order valence-corrected chi connectivity index (χ2v) is 6.89. The summed E-state index contributed by atoms with van der Waals surface area (Å²) >= 11 is 0. The van der Waals surface area contributed by atoms with Gasteiger partial charge in [0.05, 0.1) is 13.2 Å². The molecule has 0 radical (unpaired) electrons. The van der Waals surface area contributed by atoms with E-state index in [-0.39, 0.29) is 5.97 Å². The minimum Gasteiger partial charge on any atom is -0.458 e. The summed E-state index contributed by atoms with van der Waals surface area (Å²) in [7, 11) is 1.67. The van der Waals surface area contributed by atoms with Crippen LogP contribution in [0.4, 0.5) is 0 Å². The lowest BCUT2D eigenvalue weighted by Crippen LogP contribution is -2.06. The standard InChI is InChI=1S/C21H38O5/c1-23-17-18-25-19-24-15-12-10-8-6-4-2-3-5-7-9-11-13-20-14-16-26-21(20)22/h14H,2-13,15-19H2,1H3. The predicted molar refractivity (Wildman–Crippen MR) is 103 cm³/mol. The van der Waals surface area contributed by atoms with Crippen molar-refractivity contribution >= 4 is 5.97 Å². The van der Waals surface area contributed by atoms with Crippen LogP contribution in [0.2, 0.25) is 0 Å². The SMILES string of the molecule is COCCOCOCCCCCCCCCCCCCC1=CCOC1=O. The van der Waals surface area contributed by atoms with Gasteiger partial charge in [-0.1, -0.05) is 57.8 Å². The smallest absolute Gasteiger partial charge is 0.334 e. The Labute approximate surface area is 159 Å². The monoisotopic (exact) mass is 370 g/mol. The van der Waals surface area contributed by atoms with Gasteiger partial charge in [-0.05, 0) is 25.3 Å². The molecule has 26 heavy (non-hydrogen) atoms. The van der Waals surface area contributed by atoms with Crippen molar-refractivity contribution in [3.05, 3.63) is 11.6 Å². The highest BCUT2D eigenvalue weighted by molar-refractivity contribution is 5.90. The van der Waals surface area contributed by atoms with Gasteiger partial charge in [-0.15, -0.1) is 0 Å². The third-order valence-electron chi connectivity index (χ3n) is 4.64. The molecular formula is C21H38O5. The Morgan fingerprint density at radius 3 is 1.96 bits per heavy atom. The van der Waals surface area contributed by atoms with Crippen molar-refractivity contribution in [2.24, 2.45) is 0 Å². The Morgan fingerprint density at radius 2 is 1.38 bits per heavy atom. The van der Waals surface area contributed by atoms with Crippen LogP contribution in [0.15, 0.2) is 11.6 Å². The number of esters is 1. The maximum atomic E-state index is 11.3. The predicted octanol–water partition coefficient (Wildman–Crippen LogP) is 4.79. The van der Waals surface area contributed by atoms with E-state index in [0.717, 1.165) is 31.4 Å². The molecule has 0 aliphatic carbocycles. The van der Waals surface area contributed by atoms with E-state index in [1.165, 1.54) is 57.8 Å². The van der Waals surface area contributed by atoms with Gasteiger partial charge < -0.3 is 18.9 Å². The van der Waals surface area contributed by atoms with Gasteiger partial charge in [-0.2, -0.15) is 0 Å². The quantitative estimate of drug-likeness (QED) is 0.186. The van der Waals surface area contributed by atoms with Crippen LogP contribution in [0.3, 0.4) is 0 Å². The summed E-state index contributed by atoms with van der Waals surface area (Å²) in [6.45, 7) is 2.87. The van der Waals surface area contributed by atoms with Crippen molar-refractivity contribution in [1.82, 2.24) is 0 Å². The Morgan fingerprint density at radius 1 is 0.808 bits per heavy atom. The first-order valence-electron chi connectivity index (χ1n) is 10.3. The van der Waals surface area contributed by atoms with E-state index < -0.39 is 0 Å². The summed E-state index contributed by atoms with van der Waals surface area (Å²) in [6.07, 6.45) is 16.8. The summed E-state index contributed by atoms with van der Waals surface area (Å²) in [5, 5.41) is 0. The van der Waals surface area contributed by atoms with Gasteiger partial charge in [-0.3, -0.25) is 0 Å². The molecule has 1 aliphatic rings. The number of carbonyl (C=O) groups is 1. The van der Waals surface area contributed by atoms with Crippen LogP contribution in [0.25, 0.3) is 0 Å². The second kappa shape index (κ2) is 17.5. The largest absolute Gasteiger partial charge is 0.458 e. The van der Waals surface area contributed by atoms with Gasteiger partial charge in [0.15, 0.2) is 0 Å². The van der Waals surface area contributed by atoms with Gasteiger partial charge in [-0.25, -0.2) is 4.79 Å². The number of rotatable bonds is 19. The molecule has 1 aliphatic heterocycles. The Bertz CT molecular complexity index is 367. The van der Waals surface area contributed by atoms with Crippen molar-refractivity contribution < 1.29 is 23.7 Å². The molecule has 0 saturated heterocycles. The molecule has 5 nitrogen and oxygen atoms in total. The van der Waals surface area contributed by atoms with E-state index in [2.05, 4.69) is 0 Å². The number of ether oxygens (including phenoxy) is 4. The molecule has 0 amide bonds. The molecular weight excluding hydrogens is 332 g/mol. The van der Waals surface area contributed by atoms with Crippen molar-refractivity contribution in [3.8, 4) is 0 Å². The minimum atomic E-state index is -0.105. The van der Waals surface area contributed by atoms with Gasteiger partial charge in [0, 0.05) is 19.3 Å². The first kappa shape index (κ1) is 23.1. The summed E-state index contributed by atoms with van der Waals surface area (Å²) in [6, 6.07) is 0. The normalized spacial score (nSPS) is 13.9. The lowest BCUT2D eigenvalue weighted by molar-refractivity contribution is -0.136. The molecule has 5 heteroatoms. The molecule has 0 spiro atoms. The second-order valence-electron chi connectivity index (χ2n) is 6.89. The summed E-state index contributed by atoms with van der Waals surface area (Å²) < 4.78 is 20.4. The number of carbonyl (C=O) groups excluding carboxylic acids is 1. The van der Waals surface area contributed by atoms with Gasteiger partial charge in [0.25, 0.3) is 0 Å². The summed E-state index contributed by atoms with van der Waals surface area (Å²) in [4.78, 5) is 11.3. The number of unbranched alkanes of at least 4 members (excludes halogenated alkanes) is 10. The molecule has 0 aromatic heterocycles. The third-order valence-corrected chi connectivity index (χ3v) is 4.64. The molecule has 1 rings (SSSR count). The topological polar surface area (TPSA) is 54.0 Å². The number of hydrogen-bond donors (Lipinski definition) is 0. The molecule has 1 heterocycles. The zero-order valence-corrected chi connectivity index (χ0v) is 16.6. The first-order valence-corrected chi connectivity index (χ1v) is 10.3. The van der Waals surface area contributed by atoms with Gasteiger partial charge in [0.1, 0.15) is 13.4 Å². The zero-order chi connectivity index (χ0) is 18.7. The van der Waals surface area contributed by atoms with Crippen LogP contribution in [-0.2, 0) is 23.7 Å². The zero-order valence-electron chi connectivity index (χ0n) is 16.6. The highest BCUT2D eigenvalue weighted by atomic mass is 16.7. The van der Waals surface area contributed by atoms with Crippen LogP contribution in [0, 0.1) is 0 Å². The minimum absolute atomic E-state index is 0.105. The molecule has 0 fully saturated rings. The fourth-order valence-corrected chi connectivity index (χ4v) is 3.03. The maximum Gasteiger partial charge on any atom is 0.334 e. The highest BCUT2D eigenvalue weighted by Gasteiger charge is 2.15. The van der Waals surface area contributed by atoms with Gasteiger partial charge in [0.2, 0.25) is 0 Å². The number of methoxy groups -OCH3 is 1. The van der Waals surface area contributed by atoms with E-state index >= 15 is 0 Å². The maximum absolute atomic E-state index is 11.3. The third kappa shape index (κ3) is 13.3. The molecule has 0 aromatic rings. The highest BCUT2D eigenvalue weighted by Crippen LogP contribution is 2.17. The molecule has 152 valence electrons. The van der Waals surface area contributed by atoms with Crippen LogP contribution in [0.5, 0.6) is 0 Å². The molecule has 0 saturated carbocycles. The molecule has 0 aromatic carbocycles. The van der Waals surface area contributed by atoms with E-state index in [9.17, 15) is 4.79 Å². The lowest BCUT2D eigenvalue weighted by atomic mass is 10.0. The number of cyclic esters (lactones) is 1. The Kier molecular flexibility index (Phi) is 15.6. The Hall–Kier alpha value is -0.910. The van der Waals surface area contributed by atoms with Crippen molar-refractivity contribution in [2.75, 3.05) is 40.3 Å². The van der Waals surface area contributed by atoms with E-state index in [1.807, 2.05) is 6.08 Å². The van der Waals surface area contributed by atoms with Crippen LogP contribution < -0.4 is 0 Å². The fraction of sp³-hybridized carbons (Fsp3) is 0.857. The first-order chi connectivity index (χ1) is 12.8. The summed E-state index contributed by atoms with van der Waals surface area (Å²) in [5.74, 6) is -0.105. The van der Waals surface area contributed by atoms with E-state index in [0.29, 0.717) is 26.6 Å². The van der Waals surface area contributed by atoms with Crippen LogP contribution >= 0.6 is 0 Å². The van der Waals surface area contributed by atoms with Crippen molar-refractivity contribution in [2.45, 2.75) is 77.0 Å². The molecule has 0 N–H and O–H groups in total. The van der Waals surface area contributed by atoms with Gasteiger partial charge >= 0.3 is 5.97 Å². The molecule has 0 atom stereocenters. The summed E-state index contributed by atoms with van der Waals surface area (Å²) in [5.41, 5.74) is 0.883. The molecule has 0 unspecified atom stereocenters. The average molecular weight is 371 g/mol. The lowest BCUT2D eigenvalue weighted by Gasteiger charge is -2.05. The van der Waals surface area contributed by atoms with Crippen molar-refractivity contribution in [1.29, 1.82) is 0 Å². The molecule has 0 bridgehead atoms. The van der Waals surface area contributed by atoms with E-state index in [1.54, 1.807) is 7.11 Å². The van der Waals surface area contributed by atoms with Crippen molar-refractivity contribution in [3.63, 3.8) is 0 Å².